The van der Waals surface area contributed by atoms with Crippen LogP contribution in [0.15, 0.2) is 18.2 Å². The van der Waals surface area contributed by atoms with Crippen LogP contribution in [0.5, 0.6) is 0 Å². The average molecular weight is 342 g/mol. The highest BCUT2D eigenvalue weighted by Crippen LogP contribution is 2.36. The number of carbonyl (C=O) groups excluding carboxylic acids is 1. The molecule has 8 heteroatoms. The van der Waals surface area contributed by atoms with Crippen molar-refractivity contribution in [2.75, 3.05) is 23.4 Å². The van der Waals surface area contributed by atoms with Gasteiger partial charge in [-0.25, -0.2) is 0 Å². The molecule has 1 aromatic carbocycles. The molecular weight excluding hydrogens is 327 g/mol. The van der Waals surface area contributed by atoms with Crippen LogP contribution in [0.4, 0.5) is 18.9 Å². The summed E-state index contributed by atoms with van der Waals surface area (Å²) in [5.41, 5.74) is -1.29. The summed E-state index contributed by atoms with van der Waals surface area (Å²) in [4.78, 5) is 11.7. The minimum absolute atomic E-state index is 0.00399. The van der Waals surface area contributed by atoms with E-state index >= 15 is 0 Å². The number of alkyl halides is 3. The van der Waals surface area contributed by atoms with Crippen molar-refractivity contribution in [1.82, 2.24) is 0 Å². The third kappa shape index (κ3) is 6.15. The van der Waals surface area contributed by atoms with Gasteiger partial charge in [0.2, 0.25) is 5.91 Å². The number of halogens is 4. The molecule has 21 heavy (non-hydrogen) atoms. The second kappa shape index (κ2) is 7.91. The third-order valence-corrected chi connectivity index (χ3v) is 4.01. The van der Waals surface area contributed by atoms with E-state index in [1.54, 1.807) is 0 Å². The Morgan fingerprint density at radius 2 is 2.14 bits per heavy atom. The molecular formula is C13H15ClF3NO2S. The van der Waals surface area contributed by atoms with Gasteiger partial charge in [-0.15, -0.1) is 0 Å². The monoisotopic (exact) mass is 341 g/mol. The quantitative estimate of drug-likeness (QED) is 0.830. The topological polar surface area (TPSA) is 49.3 Å². The molecule has 0 spiro atoms. The first kappa shape index (κ1) is 18.1. The van der Waals surface area contributed by atoms with Gasteiger partial charge in [0.15, 0.2) is 0 Å². The standard InChI is InChI=1S/C13H15ClF3NO2S/c1-8(5-19)6-21-7-12(20)18-11-3-2-9(14)4-10(11)13(15,16)17/h2-4,8,19H,5-7H2,1H3,(H,18,20). The summed E-state index contributed by atoms with van der Waals surface area (Å²) in [7, 11) is 0. The number of thioether (sulfide) groups is 1. The van der Waals surface area contributed by atoms with Gasteiger partial charge in [0, 0.05) is 11.6 Å². The van der Waals surface area contributed by atoms with Gasteiger partial charge in [-0.3, -0.25) is 4.79 Å². The van der Waals surface area contributed by atoms with Gasteiger partial charge in [-0.2, -0.15) is 24.9 Å². The first-order valence-corrected chi connectivity index (χ1v) is 7.62. The number of rotatable bonds is 6. The summed E-state index contributed by atoms with van der Waals surface area (Å²) in [6.45, 7) is 1.82. The molecule has 0 saturated carbocycles. The van der Waals surface area contributed by atoms with Gasteiger partial charge in [-0.05, 0) is 29.9 Å². The molecule has 0 bridgehead atoms. The van der Waals surface area contributed by atoms with Crippen LogP contribution in [0.1, 0.15) is 12.5 Å². The number of aliphatic hydroxyl groups excluding tert-OH is 1. The number of hydrogen-bond acceptors (Lipinski definition) is 3. The highest BCUT2D eigenvalue weighted by Gasteiger charge is 2.34. The van der Waals surface area contributed by atoms with Crippen molar-refractivity contribution in [3.8, 4) is 0 Å². The van der Waals surface area contributed by atoms with Gasteiger partial charge in [-0.1, -0.05) is 18.5 Å². The van der Waals surface area contributed by atoms with Gasteiger partial charge in [0.05, 0.1) is 17.0 Å². The molecule has 0 radical (unpaired) electrons. The molecule has 0 heterocycles. The highest BCUT2D eigenvalue weighted by atomic mass is 35.5. The van der Waals surface area contributed by atoms with Crippen molar-refractivity contribution < 1.29 is 23.1 Å². The van der Waals surface area contributed by atoms with Crippen molar-refractivity contribution in [3.63, 3.8) is 0 Å². The van der Waals surface area contributed by atoms with E-state index < -0.39 is 17.6 Å². The number of hydrogen-bond donors (Lipinski definition) is 2. The number of amides is 1. The summed E-state index contributed by atoms with van der Waals surface area (Å²) >= 11 is 6.80. The summed E-state index contributed by atoms with van der Waals surface area (Å²) in [6.07, 6.45) is -4.59. The van der Waals surface area contributed by atoms with E-state index in [-0.39, 0.29) is 29.0 Å². The van der Waals surface area contributed by atoms with Crippen molar-refractivity contribution in [1.29, 1.82) is 0 Å². The Bertz CT molecular complexity index is 497. The predicted octanol–water partition coefficient (Wildman–Crippen LogP) is 3.66. The Labute approximate surface area is 129 Å². The lowest BCUT2D eigenvalue weighted by Gasteiger charge is -2.14. The van der Waals surface area contributed by atoms with Crippen LogP contribution in [0.25, 0.3) is 0 Å². The molecule has 0 aliphatic heterocycles. The fourth-order valence-electron chi connectivity index (χ4n) is 1.45. The zero-order valence-electron chi connectivity index (χ0n) is 11.2. The number of benzene rings is 1. The Hall–Kier alpha value is -0.920. The van der Waals surface area contributed by atoms with Crippen LogP contribution < -0.4 is 5.32 Å². The van der Waals surface area contributed by atoms with E-state index in [1.165, 1.54) is 17.8 Å². The summed E-state index contributed by atoms with van der Waals surface area (Å²) in [6, 6.07) is 3.19. The SMILES string of the molecule is CC(CO)CSCC(=O)Nc1ccc(Cl)cc1C(F)(F)F. The molecule has 1 aromatic rings. The van der Waals surface area contributed by atoms with E-state index in [2.05, 4.69) is 5.32 Å². The number of aliphatic hydroxyl groups is 1. The van der Waals surface area contributed by atoms with Crippen molar-refractivity contribution >= 4 is 35.0 Å². The normalized spacial score (nSPS) is 13.0. The van der Waals surface area contributed by atoms with E-state index in [0.717, 1.165) is 12.1 Å². The highest BCUT2D eigenvalue weighted by molar-refractivity contribution is 7.99. The molecule has 1 rings (SSSR count). The van der Waals surface area contributed by atoms with Crippen LogP contribution in [-0.2, 0) is 11.0 Å². The molecule has 2 N–H and O–H groups in total. The molecule has 0 aliphatic carbocycles. The number of nitrogens with one attached hydrogen (secondary N) is 1. The van der Waals surface area contributed by atoms with Crippen LogP contribution in [-0.4, -0.2) is 29.1 Å². The molecule has 3 nitrogen and oxygen atoms in total. The smallest absolute Gasteiger partial charge is 0.396 e. The van der Waals surface area contributed by atoms with E-state index in [4.69, 9.17) is 16.7 Å². The second-order valence-electron chi connectivity index (χ2n) is 4.54. The zero-order chi connectivity index (χ0) is 16.0. The van der Waals surface area contributed by atoms with Crippen molar-refractivity contribution in [2.24, 2.45) is 5.92 Å². The fraction of sp³-hybridized carbons (Fsp3) is 0.462. The van der Waals surface area contributed by atoms with Gasteiger partial charge in [0.1, 0.15) is 0 Å². The van der Waals surface area contributed by atoms with Gasteiger partial charge in [0.25, 0.3) is 0 Å². The molecule has 118 valence electrons. The first-order valence-electron chi connectivity index (χ1n) is 6.09. The lowest BCUT2D eigenvalue weighted by atomic mass is 10.1. The third-order valence-electron chi connectivity index (χ3n) is 2.51. The molecule has 0 aliphatic rings. The number of anilines is 1. The molecule has 0 fully saturated rings. The van der Waals surface area contributed by atoms with Crippen LogP contribution in [0, 0.1) is 5.92 Å². The van der Waals surface area contributed by atoms with Crippen LogP contribution >= 0.6 is 23.4 Å². The maximum absolute atomic E-state index is 12.8. The van der Waals surface area contributed by atoms with E-state index in [9.17, 15) is 18.0 Å². The van der Waals surface area contributed by atoms with Crippen molar-refractivity contribution in [3.05, 3.63) is 28.8 Å². The maximum atomic E-state index is 12.8. The molecule has 1 amide bonds. The Morgan fingerprint density at radius 1 is 1.48 bits per heavy atom. The van der Waals surface area contributed by atoms with Gasteiger partial charge < -0.3 is 10.4 Å². The lowest BCUT2D eigenvalue weighted by molar-refractivity contribution is -0.137. The second-order valence-corrected chi connectivity index (χ2v) is 6.01. The Morgan fingerprint density at radius 3 is 2.71 bits per heavy atom. The maximum Gasteiger partial charge on any atom is 0.418 e. The zero-order valence-corrected chi connectivity index (χ0v) is 12.8. The summed E-state index contributed by atoms with van der Waals surface area (Å²) in [5.74, 6) is 0.0722. The molecule has 0 saturated heterocycles. The predicted molar refractivity (Wildman–Crippen MR) is 78.7 cm³/mol. The number of carbonyl (C=O) groups is 1. The van der Waals surface area contributed by atoms with Crippen LogP contribution in [0.2, 0.25) is 5.02 Å². The van der Waals surface area contributed by atoms with Crippen LogP contribution in [0.3, 0.4) is 0 Å². The van der Waals surface area contributed by atoms with E-state index in [0.29, 0.717) is 5.75 Å². The lowest BCUT2D eigenvalue weighted by Crippen LogP contribution is -2.19. The largest absolute Gasteiger partial charge is 0.418 e. The first-order chi connectivity index (χ1) is 9.74. The molecule has 0 aromatic heterocycles. The molecule has 1 unspecified atom stereocenters. The average Bonchev–Trinajstić information content (AvgIpc) is 2.39. The summed E-state index contributed by atoms with van der Waals surface area (Å²) < 4.78 is 38.5. The van der Waals surface area contributed by atoms with E-state index in [1.807, 2.05) is 6.92 Å². The minimum atomic E-state index is -4.59. The molecule has 1 atom stereocenters. The Kier molecular flexibility index (Phi) is 6.83. The summed E-state index contributed by atoms with van der Waals surface area (Å²) in [5, 5.41) is 11.0. The fourth-order valence-corrected chi connectivity index (χ4v) is 2.51. The van der Waals surface area contributed by atoms with Crippen molar-refractivity contribution in [2.45, 2.75) is 13.1 Å². The van der Waals surface area contributed by atoms with Gasteiger partial charge >= 0.3 is 6.18 Å². The Balaban J connectivity index is 2.68. The minimum Gasteiger partial charge on any atom is -0.396 e.